The Balaban J connectivity index is 2.14. The lowest BCUT2D eigenvalue weighted by atomic mass is 10.1. The minimum atomic E-state index is -0.148. The summed E-state index contributed by atoms with van der Waals surface area (Å²) in [6.07, 6.45) is 1.52. The summed E-state index contributed by atoms with van der Waals surface area (Å²) < 4.78 is 0. The van der Waals surface area contributed by atoms with Gasteiger partial charge in [-0.25, -0.2) is 0 Å². The van der Waals surface area contributed by atoms with Crippen LogP contribution in [0.4, 0.5) is 5.69 Å². The van der Waals surface area contributed by atoms with E-state index in [1.807, 2.05) is 19.1 Å². The number of nitrogens with zero attached hydrogens (tertiary/aromatic N) is 2. The average molecular weight is 290 g/mol. The number of aryl methyl sites for hydroxylation is 1. The Morgan fingerprint density at radius 1 is 1.35 bits per heavy atom. The van der Waals surface area contributed by atoms with E-state index in [2.05, 4.69) is 4.98 Å². The molecule has 0 saturated heterocycles. The Morgan fingerprint density at radius 2 is 2.00 bits per heavy atom. The van der Waals surface area contributed by atoms with Gasteiger partial charge in [0.05, 0.1) is 5.56 Å². The lowest BCUT2D eigenvalue weighted by Gasteiger charge is -2.18. The number of pyridine rings is 1. The molecular formula is C15H16ClN3O. The quantitative estimate of drug-likeness (QED) is 0.945. The molecule has 0 aliphatic carbocycles. The zero-order valence-corrected chi connectivity index (χ0v) is 12.2. The third kappa shape index (κ3) is 3.27. The summed E-state index contributed by atoms with van der Waals surface area (Å²) in [5.41, 5.74) is 8.54. The highest BCUT2D eigenvalue weighted by molar-refractivity contribution is 6.30. The van der Waals surface area contributed by atoms with E-state index in [0.29, 0.717) is 22.8 Å². The molecule has 0 saturated carbocycles. The molecule has 0 atom stereocenters. The second-order valence-electron chi connectivity index (χ2n) is 4.70. The second kappa shape index (κ2) is 5.92. The molecule has 0 aliphatic heterocycles. The standard InChI is InChI=1S/C15H16ClN3O/c1-10-7-14(17)13(8-18-10)15(20)19(2)9-11-3-5-12(16)6-4-11/h3-8H,9H2,1-2H3,(H2,17,18). The number of rotatable bonds is 3. The first kappa shape index (κ1) is 14.3. The number of aromatic nitrogens is 1. The van der Waals surface area contributed by atoms with Crippen molar-refractivity contribution in [1.82, 2.24) is 9.88 Å². The third-order valence-corrected chi connectivity index (χ3v) is 3.23. The highest BCUT2D eigenvalue weighted by atomic mass is 35.5. The number of anilines is 1. The van der Waals surface area contributed by atoms with Gasteiger partial charge in [0.15, 0.2) is 0 Å². The van der Waals surface area contributed by atoms with Gasteiger partial charge in [0.2, 0.25) is 0 Å². The molecule has 2 N–H and O–H groups in total. The van der Waals surface area contributed by atoms with Gasteiger partial charge >= 0.3 is 0 Å². The lowest BCUT2D eigenvalue weighted by Crippen LogP contribution is -2.27. The van der Waals surface area contributed by atoms with Crippen molar-refractivity contribution in [3.05, 3.63) is 58.4 Å². The monoisotopic (exact) mass is 289 g/mol. The van der Waals surface area contributed by atoms with Gasteiger partial charge in [0.25, 0.3) is 5.91 Å². The van der Waals surface area contributed by atoms with Gasteiger partial charge in [-0.2, -0.15) is 0 Å². The molecule has 0 aliphatic rings. The SMILES string of the molecule is Cc1cc(N)c(C(=O)N(C)Cc2ccc(Cl)cc2)cn1. The molecule has 0 bridgehead atoms. The van der Waals surface area contributed by atoms with Crippen molar-refractivity contribution in [2.24, 2.45) is 0 Å². The number of hydrogen-bond acceptors (Lipinski definition) is 3. The van der Waals surface area contributed by atoms with Gasteiger partial charge in [-0.05, 0) is 30.7 Å². The zero-order valence-electron chi connectivity index (χ0n) is 11.4. The number of carbonyl (C=O) groups excluding carboxylic acids is 1. The molecule has 1 amide bonds. The summed E-state index contributed by atoms with van der Waals surface area (Å²) in [5, 5.41) is 0.676. The molecule has 4 nitrogen and oxygen atoms in total. The Labute approximate surface area is 123 Å². The summed E-state index contributed by atoms with van der Waals surface area (Å²) in [6, 6.07) is 9.09. The van der Waals surface area contributed by atoms with E-state index < -0.39 is 0 Å². The van der Waals surface area contributed by atoms with E-state index in [0.717, 1.165) is 11.3 Å². The van der Waals surface area contributed by atoms with Crippen molar-refractivity contribution in [2.45, 2.75) is 13.5 Å². The van der Waals surface area contributed by atoms with Crippen LogP contribution in [-0.4, -0.2) is 22.8 Å². The fourth-order valence-corrected chi connectivity index (χ4v) is 2.03. The van der Waals surface area contributed by atoms with Gasteiger partial charge in [-0.3, -0.25) is 9.78 Å². The summed E-state index contributed by atoms with van der Waals surface area (Å²) in [5.74, 6) is -0.148. The van der Waals surface area contributed by atoms with Crippen molar-refractivity contribution in [3.8, 4) is 0 Å². The van der Waals surface area contributed by atoms with E-state index in [1.165, 1.54) is 6.20 Å². The second-order valence-corrected chi connectivity index (χ2v) is 5.14. The molecule has 5 heteroatoms. The molecule has 0 spiro atoms. The molecule has 0 unspecified atom stereocenters. The number of nitrogen functional groups attached to an aromatic ring is 1. The average Bonchev–Trinajstić information content (AvgIpc) is 2.40. The predicted octanol–water partition coefficient (Wildman–Crippen LogP) is 2.90. The van der Waals surface area contributed by atoms with Gasteiger partial charge in [0, 0.05) is 36.2 Å². The van der Waals surface area contributed by atoms with Crippen molar-refractivity contribution in [3.63, 3.8) is 0 Å². The van der Waals surface area contributed by atoms with Crippen LogP contribution in [0.25, 0.3) is 0 Å². The largest absolute Gasteiger partial charge is 0.398 e. The fraction of sp³-hybridized carbons (Fsp3) is 0.200. The maximum atomic E-state index is 12.3. The van der Waals surface area contributed by atoms with Crippen molar-refractivity contribution in [2.75, 3.05) is 12.8 Å². The number of amides is 1. The number of carbonyl (C=O) groups is 1. The van der Waals surface area contributed by atoms with Crippen LogP contribution in [-0.2, 0) is 6.54 Å². The van der Waals surface area contributed by atoms with Crippen molar-refractivity contribution in [1.29, 1.82) is 0 Å². The number of hydrogen-bond donors (Lipinski definition) is 1. The number of halogens is 1. The molecule has 2 aromatic rings. The fourth-order valence-electron chi connectivity index (χ4n) is 1.90. The number of benzene rings is 1. The van der Waals surface area contributed by atoms with Crippen LogP contribution in [0.3, 0.4) is 0 Å². The molecule has 1 aromatic heterocycles. The van der Waals surface area contributed by atoms with Gasteiger partial charge in [-0.1, -0.05) is 23.7 Å². The van der Waals surface area contributed by atoms with E-state index in [1.54, 1.807) is 30.1 Å². The van der Waals surface area contributed by atoms with Crippen molar-refractivity contribution >= 4 is 23.2 Å². The lowest BCUT2D eigenvalue weighted by molar-refractivity contribution is 0.0785. The first-order valence-electron chi connectivity index (χ1n) is 6.19. The smallest absolute Gasteiger partial charge is 0.257 e. The van der Waals surface area contributed by atoms with Crippen LogP contribution in [0.1, 0.15) is 21.6 Å². The predicted molar refractivity (Wildman–Crippen MR) is 80.6 cm³/mol. The first-order valence-corrected chi connectivity index (χ1v) is 6.57. The van der Waals surface area contributed by atoms with Crippen LogP contribution < -0.4 is 5.73 Å². The van der Waals surface area contributed by atoms with Crippen molar-refractivity contribution < 1.29 is 4.79 Å². The molecule has 1 heterocycles. The van der Waals surface area contributed by atoms with Crippen LogP contribution in [0.15, 0.2) is 36.5 Å². The molecule has 20 heavy (non-hydrogen) atoms. The van der Waals surface area contributed by atoms with Crippen LogP contribution >= 0.6 is 11.6 Å². The van der Waals surface area contributed by atoms with Crippen LogP contribution in [0.5, 0.6) is 0 Å². The Bertz CT molecular complexity index is 626. The topological polar surface area (TPSA) is 59.2 Å². The van der Waals surface area contributed by atoms with E-state index in [-0.39, 0.29) is 5.91 Å². The van der Waals surface area contributed by atoms with Gasteiger partial charge < -0.3 is 10.6 Å². The van der Waals surface area contributed by atoms with E-state index in [4.69, 9.17) is 17.3 Å². The summed E-state index contributed by atoms with van der Waals surface area (Å²) >= 11 is 5.84. The van der Waals surface area contributed by atoms with Gasteiger partial charge in [-0.15, -0.1) is 0 Å². The highest BCUT2D eigenvalue weighted by Gasteiger charge is 2.15. The number of nitrogens with two attached hydrogens (primary N) is 1. The third-order valence-electron chi connectivity index (χ3n) is 2.98. The Morgan fingerprint density at radius 3 is 2.60 bits per heavy atom. The van der Waals surface area contributed by atoms with E-state index >= 15 is 0 Å². The Kier molecular flexibility index (Phi) is 4.25. The summed E-state index contributed by atoms with van der Waals surface area (Å²) in [6.45, 7) is 2.32. The normalized spacial score (nSPS) is 10.3. The summed E-state index contributed by atoms with van der Waals surface area (Å²) in [4.78, 5) is 18.0. The maximum Gasteiger partial charge on any atom is 0.257 e. The summed E-state index contributed by atoms with van der Waals surface area (Å²) in [7, 11) is 1.73. The highest BCUT2D eigenvalue weighted by Crippen LogP contribution is 2.16. The van der Waals surface area contributed by atoms with Gasteiger partial charge in [0.1, 0.15) is 0 Å². The molecule has 0 radical (unpaired) electrons. The van der Waals surface area contributed by atoms with Crippen LogP contribution in [0, 0.1) is 6.92 Å². The molecular weight excluding hydrogens is 274 g/mol. The molecule has 2 rings (SSSR count). The minimum absolute atomic E-state index is 0.148. The van der Waals surface area contributed by atoms with Crippen LogP contribution in [0.2, 0.25) is 5.02 Å². The minimum Gasteiger partial charge on any atom is -0.398 e. The first-order chi connectivity index (χ1) is 9.47. The molecule has 104 valence electrons. The Hall–Kier alpha value is -2.07. The molecule has 0 fully saturated rings. The zero-order chi connectivity index (χ0) is 14.7. The molecule has 1 aromatic carbocycles. The van der Waals surface area contributed by atoms with E-state index in [9.17, 15) is 4.79 Å². The maximum absolute atomic E-state index is 12.3.